The number of hydrogen-bond acceptors (Lipinski definition) is 3. The van der Waals surface area contributed by atoms with Crippen LogP contribution in [0.2, 0.25) is 0 Å². The molecule has 0 spiro atoms. The summed E-state index contributed by atoms with van der Waals surface area (Å²) in [5.41, 5.74) is 2.31. The number of nitrogens with one attached hydrogen (secondary N) is 2. The Morgan fingerprint density at radius 1 is 1.08 bits per heavy atom. The van der Waals surface area contributed by atoms with Gasteiger partial charge < -0.3 is 5.32 Å². The second-order valence-electron chi connectivity index (χ2n) is 5.80. The van der Waals surface area contributed by atoms with Gasteiger partial charge in [0.05, 0.1) is 12.3 Å². The van der Waals surface area contributed by atoms with E-state index in [9.17, 15) is 17.6 Å². The molecule has 7 heteroatoms. The molecule has 2 aromatic carbocycles. The Balaban J connectivity index is 2.11. The molecule has 0 bridgehead atoms. The molecule has 0 fully saturated rings. The van der Waals surface area contributed by atoms with Gasteiger partial charge in [-0.3, -0.25) is 4.79 Å². The molecular weight excluding hydrogens is 343 g/mol. The van der Waals surface area contributed by atoms with Gasteiger partial charge in [0, 0.05) is 12.1 Å². The monoisotopic (exact) mass is 364 g/mol. The first-order valence-corrected chi connectivity index (χ1v) is 9.77. The van der Waals surface area contributed by atoms with Crippen LogP contribution in [0, 0.1) is 5.82 Å². The molecule has 2 aromatic rings. The summed E-state index contributed by atoms with van der Waals surface area (Å²) in [5.74, 6) is -0.767. The number of sulfonamides is 1. The second kappa shape index (κ2) is 8.22. The fourth-order valence-corrected chi connectivity index (χ4v) is 3.14. The third-order valence-corrected chi connectivity index (χ3v) is 4.38. The zero-order valence-corrected chi connectivity index (χ0v) is 14.9. The maximum Gasteiger partial charge on any atom is 0.226 e. The van der Waals surface area contributed by atoms with Crippen molar-refractivity contribution >= 4 is 21.6 Å². The summed E-state index contributed by atoms with van der Waals surface area (Å²) in [6, 6.07) is 12.0. The number of anilines is 1. The number of aryl methyl sites for hydroxylation is 1. The number of carbonyl (C=O) groups excluding carboxylic acids is 1. The van der Waals surface area contributed by atoms with Crippen LogP contribution in [0.3, 0.4) is 0 Å². The Labute approximate surface area is 147 Å². The fourth-order valence-electron chi connectivity index (χ4n) is 2.40. The minimum Gasteiger partial charge on any atom is -0.326 e. The van der Waals surface area contributed by atoms with Crippen molar-refractivity contribution in [1.29, 1.82) is 0 Å². The van der Waals surface area contributed by atoms with Crippen molar-refractivity contribution in [3.05, 3.63) is 65.5 Å². The maximum absolute atomic E-state index is 13.1. The molecule has 0 heterocycles. The highest BCUT2D eigenvalue weighted by atomic mass is 32.2. The molecule has 2 N–H and O–H groups in total. The van der Waals surface area contributed by atoms with Crippen LogP contribution in [0.15, 0.2) is 48.5 Å². The SMILES string of the molecule is CCc1ccc(NC(=O)C[C@@H](NS(C)(=O)=O)c2ccc(F)cc2)cc1. The van der Waals surface area contributed by atoms with Gasteiger partial charge >= 0.3 is 0 Å². The molecule has 0 aliphatic heterocycles. The van der Waals surface area contributed by atoms with Crippen LogP contribution in [0.25, 0.3) is 0 Å². The number of halogens is 1. The average Bonchev–Trinajstić information content (AvgIpc) is 2.54. The lowest BCUT2D eigenvalue weighted by molar-refractivity contribution is -0.116. The van der Waals surface area contributed by atoms with Crippen molar-refractivity contribution in [2.45, 2.75) is 25.8 Å². The van der Waals surface area contributed by atoms with E-state index in [1.165, 1.54) is 24.3 Å². The highest BCUT2D eigenvalue weighted by Crippen LogP contribution is 2.20. The zero-order valence-electron chi connectivity index (χ0n) is 14.1. The molecule has 0 aliphatic rings. The van der Waals surface area contributed by atoms with Gasteiger partial charge in [0.15, 0.2) is 0 Å². The van der Waals surface area contributed by atoms with E-state index in [0.717, 1.165) is 18.2 Å². The lowest BCUT2D eigenvalue weighted by Crippen LogP contribution is -2.30. The molecule has 134 valence electrons. The standard InChI is InChI=1S/C18H21FN2O3S/c1-3-13-4-10-16(11-5-13)20-18(22)12-17(21-25(2,23)24)14-6-8-15(19)9-7-14/h4-11,17,21H,3,12H2,1-2H3,(H,20,22)/t17-/m1/s1. The van der Waals surface area contributed by atoms with E-state index in [4.69, 9.17) is 0 Å². The van der Waals surface area contributed by atoms with Gasteiger partial charge in [0.2, 0.25) is 15.9 Å². The summed E-state index contributed by atoms with van der Waals surface area (Å²) in [6.45, 7) is 2.04. The van der Waals surface area contributed by atoms with Gasteiger partial charge in [-0.15, -0.1) is 0 Å². The van der Waals surface area contributed by atoms with Crippen LogP contribution in [-0.2, 0) is 21.2 Å². The molecule has 1 amide bonds. The van der Waals surface area contributed by atoms with E-state index >= 15 is 0 Å². The first-order chi connectivity index (χ1) is 11.8. The molecule has 0 saturated heterocycles. The topological polar surface area (TPSA) is 75.3 Å². The molecule has 0 unspecified atom stereocenters. The Kier molecular flexibility index (Phi) is 6.27. The summed E-state index contributed by atoms with van der Waals surface area (Å²) in [4.78, 5) is 12.3. The van der Waals surface area contributed by atoms with Crippen LogP contribution >= 0.6 is 0 Å². The van der Waals surface area contributed by atoms with Crippen molar-refractivity contribution in [2.75, 3.05) is 11.6 Å². The van der Waals surface area contributed by atoms with E-state index in [2.05, 4.69) is 10.0 Å². The molecule has 5 nitrogen and oxygen atoms in total. The number of benzene rings is 2. The normalized spacial score (nSPS) is 12.6. The molecular formula is C18H21FN2O3S. The number of rotatable bonds is 7. The fraction of sp³-hybridized carbons (Fsp3) is 0.278. The molecule has 0 aliphatic carbocycles. The van der Waals surface area contributed by atoms with Gasteiger partial charge in [0.25, 0.3) is 0 Å². The van der Waals surface area contributed by atoms with Crippen LogP contribution < -0.4 is 10.0 Å². The van der Waals surface area contributed by atoms with Crippen LogP contribution in [-0.4, -0.2) is 20.6 Å². The van der Waals surface area contributed by atoms with Gasteiger partial charge in [-0.1, -0.05) is 31.2 Å². The first kappa shape index (κ1) is 19.1. The van der Waals surface area contributed by atoms with Gasteiger partial charge in [-0.2, -0.15) is 0 Å². The Hall–Kier alpha value is -2.25. The Morgan fingerprint density at radius 3 is 2.20 bits per heavy atom. The lowest BCUT2D eigenvalue weighted by Gasteiger charge is -2.18. The minimum absolute atomic E-state index is 0.103. The Bertz CT molecular complexity index is 818. The smallest absolute Gasteiger partial charge is 0.226 e. The van der Waals surface area contributed by atoms with E-state index in [0.29, 0.717) is 11.3 Å². The number of amides is 1. The van der Waals surface area contributed by atoms with Crippen molar-refractivity contribution in [2.24, 2.45) is 0 Å². The van der Waals surface area contributed by atoms with E-state index in [1.807, 2.05) is 19.1 Å². The molecule has 1 atom stereocenters. The largest absolute Gasteiger partial charge is 0.326 e. The lowest BCUT2D eigenvalue weighted by atomic mass is 10.0. The van der Waals surface area contributed by atoms with E-state index in [1.54, 1.807) is 12.1 Å². The third kappa shape index (κ3) is 6.28. The number of hydrogen-bond donors (Lipinski definition) is 2. The van der Waals surface area contributed by atoms with Gasteiger partial charge in [0.1, 0.15) is 5.82 Å². The zero-order chi connectivity index (χ0) is 18.4. The van der Waals surface area contributed by atoms with Crippen LogP contribution in [0.1, 0.15) is 30.5 Å². The second-order valence-corrected chi connectivity index (χ2v) is 7.58. The summed E-state index contributed by atoms with van der Waals surface area (Å²) < 4.78 is 38.6. The molecule has 2 rings (SSSR count). The van der Waals surface area contributed by atoms with Crippen molar-refractivity contribution < 1.29 is 17.6 Å². The van der Waals surface area contributed by atoms with E-state index < -0.39 is 21.9 Å². The minimum atomic E-state index is -3.53. The highest BCUT2D eigenvalue weighted by molar-refractivity contribution is 7.88. The third-order valence-electron chi connectivity index (χ3n) is 3.66. The first-order valence-electron chi connectivity index (χ1n) is 7.88. The summed E-state index contributed by atoms with van der Waals surface area (Å²) in [7, 11) is -3.53. The predicted molar refractivity (Wildman–Crippen MR) is 96.2 cm³/mol. The predicted octanol–water partition coefficient (Wildman–Crippen LogP) is 3.01. The molecule has 25 heavy (non-hydrogen) atoms. The van der Waals surface area contributed by atoms with Crippen molar-refractivity contribution in [1.82, 2.24) is 4.72 Å². The van der Waals surface area contributed by atoms with Gasteiger partial charge in [-0.25, -0.2) is 17.5 Å². The summed E-state index contributed by atoms with van der Waals surface area (Å²) in [5, 5.41) is 2.74. The van der Waals surface area contributed by atoms with Gasteiger partial charge in [-0.05, 0) is 41.8 Å². The molecule has 0 radical (unpaired) electrons. The van der Waals surface area contributed by atoms with Crippen molar-refractivity contribution in [3.8, 4) is 0 Å². The Morgan fingerprint density at radius 2 is 1.68 bits per heavy atom. The molecule has 0 aromatic heterocycles. The quantitative estimate of drug-likeness (QED) is 0.793. The summed E-state index contributed by atoms with van der Waals surface area (Å²) >= 11 is 0. The average molecular weight is 364 g/mol. The van der Waals surface area contributed by atoms with Crippen molar-refractivity contribution in [3.63, 3.8) is 0 Å². The summed E-state index contributed by atoms with van der Waals surface area (Å²) in [6.07, 6.45) is 1.82. The number of carbonyl (C=O) groups is 1. The highest BCUT2D eigenvalue weighted by Gasteiger charge is 2.20. The molecule has 0 saturated carbocycles. The van der Waals surface area contributed by atoms with Crippen LogP contribution in [0.4, 0.5) is 10.1 Å². The van der Waals surface area contributed by atoms with Crippen LogP contribution in [0.5, 0.6) is 0 Å². The van der Waals surface area contributed by atoms with E-state index in [-0.39, 0.29) is 12.3 Å². The maximum atomic E-state index is 13.1.